The largest absolute Gasteiger partial charge is 0.368 e. The molecule has 0 spiro atoms. The van der Waals surface area contributed by atoms with E-state index in [1.807, 2.05) is 13.8 Å². The Morgan fingerprint density at radius 1 is 1.24 bits per heavy atom. The second kappa shape index (κ2) is 11.2. The predicted molar refractivity (Wildman–Crippen MR) is 120 cm³/mol. The number of hydrogen-bond acceptors (Lipinski definition) is 7. The summed E-state index contributed by atoms with van der Waals surface area (Å²) in [4.78, 5) is 42.2. The molecular weight excluding hydrogens is 448 g/mol. The van der Waals surface area contributed by atoms with Crippen LogP contribution in [0.4, 0.5) is 0 Å². The molecule has 0 saturated carbocycles. The van der Waals surface area contributed by atoms with E-state index in [4.69, 9.17) is 4.74 Å². The predicted octanol–water partition coefficient (Wildman–Crippen LogP) is 0.630. The summed E-state index contributed by atoms with van der Waals surface area (Å²) in [6, 6.07) is 2.95. The van der Waals surface area contributed by atoms with Crippen LogP contribution in [0.5, 0.6) is 0 Å². The standard InChI is InChI=1S/C22H32N4O6S/c1-15(2)13-17(25-22(29)19-8-6-12-32-19)21(28)24-16-7-5-11-26(14-18(16)27)33(30,31)20-9-3-4-10-23-20/h3-4,9-10,15-17,19H,5-8,11-14H2,1-2H3,(H,24,28)(H,25,29)/t16?,17-,19?/m0/s1. The minimum absolute atomic E-state index is 0.117. The summed E-state index contributed by atoms with van der Waals surface area (Å²) in [7, 11) is -3.91. The van der Waals surface area contributed by atoms with Gasteiger partial charge in [-0.25, -0.2) is 13.4 Å². The summed E-state index contributed by atoms with van der Waals surface area (Å²) in [5.41, 5.74) is 0. The maximum atomic E-state index is 13.0. The first-order valence-corrected chi connectivity index (χ1v) is 12.8. The molecule has 3 heterocycles. The van der Waals surface area contributed by atoms with E-state index in [2.05, 4.69) is 15.6 Å². The van der Waals surface area contributed by atoms with Gasteiger partial charge in [-0.15, -0.1) is 0 Å². The molecule has 0 radical (unpaired) electrons. The number of Topliss-reactive ketones (excluding diaryl/α,β-unsaturated/α-hetero) is 1. The molecule has 2 fully saturated rings. The molecule has 3 rings (SSSR count). The molecule has 0 aliphatic carbocycles. The molecule has 2 aliphatic rings. The van der Waals surface area contributed by atoms with E-state index in [9.17, 15) is 22.8 Å². The van der Waals surface area contributed by atoms with Crippen molar-refractivity contribution in [1.29, 1.82) is 0 Å². The maximum Gasteiger partial charge on any atom is 0.260 e. The van der Waals surface area contributed by atoms with Gasteiger partial charge in [-0.3, -0.25) is 14.4 Å². The molecule has 2 aliphatic heterocycles. The number of aromatic nitrogens is 1. The van der Waals surface area contributed by atoms with Crippen LogP contribution in [0.1, 0.15) is 46.0 Å². The highest BCUT2D eigenvalue weighted by Crippen LogP contribution is 2.18. The molecule has 2 amide bonds. The molecule has 1 aromatic rings. The van der Waals surface area contributed by atoms with Gasteiger partial charge in [0.2, 0.25) is 11.8 Å². The van der Waals surface area contributed by atoms with E-state index in [0.29, 0.717) is 32.3 Å². The first-order chi connectivity index (χ1) is 15.7. The Balaban J connectivity index is 1.65. The fraction of sp³-hybridized carbons (Fsp3) is 0.636. The van der Waals surface area contributed by atoms with Crippen LogP contribution in [0.25, 0.3) is 0 Å². The average Bonchev–Trinajstić information content (AvgIpc) is 3.26. The molecule has 0 bridgehead atoms. The Bertz CT molecular complexity index is 947. The van der Waals surface area contributed by atoms with Crippen LogP contribution in [-0.4, -0.2) is 73.2 Å². The van der Waals surface area contributed by atoms with E-state index in [1.165, 1.54) is 12.3 Å². The summed E-state index contributed by atoms with van der Waals surface area (Å²) in [6.45, 7) is 4.21. The Morgan fingerprint density at radius 3 is 2.67 bits per heavy atom. The average molecular weight is 481 g/mol. The van der Waals surface area contributed by atoms with Crippen molar-refractivity contribution in [3.63, 3.8) is 0 Å². The van der Waals surface area contributed by atoms with E-state index >= 15 is 0 Å². The van der Waals surface area contributed by atoms with E-state index < -0.39 is 39.9 Å². The van der Waals surface area contributed by atoms with Crippen LogP contribution in [0, 0.1) is 5.92 Å². The van der Waals surface area contributed by atoms with Gasteiger partial charge in [0, 0.05) is 19.3 Å². The number of ketones is 1. The van der Waals surface area contributed by atoms with E-state index in [0.717, 1.165) is 10.7 Å². The summed E-state index contributed by atoms with van der Waals surface area (Å²) in [5, 5.41) is 5.39. The third kappa shape index (κ3) is 6.58. The number of nitrogens with one attached hydrogen (secondary N) is 2. The van der Waals surface area contributed by atoms with Gasteiger partial charge >= 0.3 is 0 Å². The van der Waals surface area contributed by atoms with Crippen LogP contribution in [0.15, 0.2) is 29.4 Å². The van der Waals surface area contributed by atoms with Gasteiger partial charge in [0.25, 0.3) is 10.0 Å². The van der Waals surface area contributed by atoms with Crippen molar-refractivity contribution in [2.45, 2.75) is 69.2 Å². The lowest BCUT2D eigenvalue weighted by Gasteiger charge is -2.24. The van der Waals surface area contributed by atoms with Gasteiger partial charge < -0.3 is 15.4 Å². The zero-order valence-corrected chi connectivity index (χ0v) is 19.8. The highest BCUT2D eigenvalue weighted by molar-refractivity contribution is 7.89. The number of pyridine rings is 1. The third-order valence-corrected chi connectivity index (χ3v) is 7.50. The van der Waals surface area contributed by atoms with Crippen molar-refractivity contribution in [3.8, 4) is 0 Å². The lowest BCUT2D eigenvalue weighted by Crippen LogP contribution is -2.54. The first-order valence-electron chi connectivity index (χ1n) is 11.3. The smallest absolute Gasteiger partial charge is 0.260 e. The number of nitrogens with zero attached hydrogens (tertiary/aromatic N) is 2. The van der Waals surface area contributed by atoms with Crippen molar-refractivity contribution >= 4 is 27.6 Å². The van der Waals surface area contributed by atoms with Crippen LogP contribution >= 0.6 is 0 Å². The molecule has 2 unspecified atom stereocenters. The van der Waals surface area contributed by atoms with Crippen LogP contribution < -0.4 is 10.6 Å². The van der Waals surface area contributed by atoms with Gasteiger partial charge in [-0.05, 0) is 50.2 Å². The summed E-state index contributed by atoms with van der Waals surface area (Å²) >= 11 is 0. The summed E-state index contributed by atoms with van der Waals surface area (Å²) < 4.78 is 32.2. The van der Waals surface area contributed by atoms with Gasteiger partial charge in [-0.2, -0.15) is 4.31 Å². The lowest BCUT2D eigenvalue weighted by molar-refractivity contribution is -0.135. The van der Waals surface area contributed by atoms with Crippen molar-refractivity contribution in [2.75, 3.05) is 19.7 Å². The second-order valence-corrected chi connectivity index (χ2v) is 10.8. The fourth-order valence-corrected chi connectivity index (χ4v) is 5.39. The van der Waals surface area contributed by atoms with Gasteiger partial charge in [0.15, 0.2) is 10.8 Å². The first kappa shape index (κ1) is 25.3. The Hall–Kier alpha value is -2.37. The van der Waals surface area contributed by atoms with Crippen molar-refractivity contribution in [3.05, 3.63) is 24.4 Å². The zero-order chi connectivity index (χ0) is 24.0. The zero-order valence-electron chi connectivity index (χ0n) is 19.0. The number of hydrogen-bond donors (Lipinski definition) is 2. The third-order valence-electron chi connectivity index (χ3n) is 5.74. The maximum absolute atomic E-state index is 13.0. The number of amides is 2. The van der Waals surface area contributed by atoms with E-state index in [-0.39, 0.29) is 29.9 Å². The van der Waals surface area contributed by atoms with Crippen LogP contribution in [-0.2, 0) is 29.1 Å². The SMILES string of the molecule is CC(C)C[C@H](NC(=O)C1CCCO1)C(=O)NC1CCCN(S(=O)(=O)c2ccccn2)CC1=O. The van der Waals surface area contributed by atoms with Gasteiger partial charge in [0.1, 0.15) is 12.1 Å². The Morgan fingerprint density at radius 2 is 2.03 bits per heavy atom. The number of rotatable bonds is 8. The van der Waals surface area contributed by atoms with Crippen molar-refractivity contribution in [2.24, 2.45) is 5.92 Å². The van der Waals surface area contributed by atoms with Crippen LogP contribution in [0.2, 0.25) is 0 Å². The number of carbonyl (C=O) groups is 3. The summed E-state index contributed by atoms with van der Waals surface area (Å²) in [5.74, 6) is -1.04. The van der Waals surface area contributed by atoms with Crippen molar-refractivity contribution in [1.82, 2.24) is 19.9 Å². The molecule has 33 heavy (non-hydrogen) atoms. The Kier molecular flexibility index (Phi) is 8.55. The lowest BCUT2D eigenvalue weighted by atomic mass is 10.0. The molecule has 11 heteroatoms. The highest BCUT2D eigenvalue weighted by Gasteiger charge is 2.35. The van der Waals surface area contributed by atoms with Crippen molar-refractivity contribution < 1.29 is 27.5 Å². The molecule has 2 saturated heterocycles. The number of carbonyl (C=O) groups excluding carboxylic acids is 3. The molecule has 3 atom stereocenters. The summed E-state index contributed by atoms with van der Waals surface area (Å²) in [6.07, 6.45) is 3.36. The molecule has 0 aromatic carbocycles. The normalized spacial score (nSPS) is 23.2. The van der Waals surface area contributed by atoms with Crippen LogP contribution in [0.3, 0.4) is 0 Å². The Labute approximate surface area is 194 Å². The molecular formula is C22H32N4O6S. The minimum atomic E-state index is -3.91. The topological polar surface area (TPSA) is 135 Å². The second-order valence-electron chi connectivity index (χ2n) is 8.87. The quantitative estimate of drug-likeness (QED) is 0.557. The van der Waals surface area contributed by atoms with Gasteiger partial charge in [0.05, 0.1) is 12.6 Å². The molecule has 2 N–H and O–H groups in total. The molecule has 1 aromatic heterocycles. The number of sulfonamides is 1. The van der Waals surface area contributed by atoms with E-state index in [1.54, 1.807) is 12.1 Å². The monoisotopic (exact) mass is 480 g/mol. The minimum Gasteiger partial charge on any atom is -0.368 e. The molecule has 10 nitrogen and oxygen atoms in total. The van der Waals surface area contributed by atoms with Gasteiger partial charge in [-0.1, -0.05) is 19.9 Å². The highest BCUT2D eigenvalue weighted by atomic mass is 32.2. The number of ether oxygens (including phenoxy) is 1. The molecule has 182 valence electrons. The fourth-order valence-electron chi connectivity index (χ4n) is 4.01.